The van der Waals surface area contributed by atoms with Gasteiger partial charge in [0.05, 0.1) is 20.2 Å². The van der Waals surface area contributed by atoms with E-state index in [9.17, 15) is 14.7 Å². The molecular weight excluding hydrogens is 478 g/mol. The fraction of sp³-hybridized carbons (Fsp3) is 0.875. The van der Waals surface area contributed by atoms with E-state index in [4.69, 9.17) is 9.47 Å². The number of aliphatic hydroxyl groups excluding tert-OH is 1. The minimum absolute atomic E-state index is 0.160. The number of unbranched alkanes of at least 4 members (excludes halogenated alkanes) is 12. The summed E-state index contributed by atoms with van der Waals surface area (Å²) >= 11 is 0. The van der Waals surface area contributed by atoms with Crippen LogP contribution in [0.25, 0.3) is 0 Å². The molecule has 0 aliphatic rings. The minimum Gasteiger partial charge on any atom is -0.460 e. The molecule has 6 heteroatoms. The fourth-order valence-electron chi connectivity index (χ4n) is 4.46. The van der Waals surface area contributed by atoms with E-state index < -0.39 is 12.2 Å². The van der Waals surface area contributed by atoms with Gasteiger partial charge in [-0.2, -0.15) is 0 Å². The summed E-state index contributed by atoms with van der Waals surface area (Å²) in [6.45, 7) is 7.56. The second kappa shape index (κ2) is 24.6. The number of allylic oxidation sites excluding steroid dienone is 1. The lowest BCUT2D eigenvalue weighted by molar-refractivity contribution is -0.883. The van der Waals surface area contributed by atoms with Crippen LogP contribution in [-0.2, 0) is 19.1 Å². The van der Waals surface area contributed by atoms with E-state index in [1.807, 2.05) is 20.2 Å². The topological polar surface area (TPSA) is 72.8 Å². The molecule has 6 nitrogen and oxygen atoms in total. The molecule has 0 heterocycles. The van der Waals surface area contributed by atoms with Crippen LogP contribution in [0.1, 0.15) is 136 Å². The Morgan fingerprint density at radius 1 is 0.763 bits per heavy atom. The summed E-state index contributed by atoms with van der Waals surface area (Å²) in [5.74, 6) is -0.471. The van der Waals surface area contributed by atoms with Crippen LogP contribution in [0.2, 0.25) is 0 Å². The van der Waals surface area contributed by atoms with Gasteiger partial charge in [-0.25, -0.2) is 4.79 Å². The predicted molar refractivity (Wildman–Crippen MR) is 158 cm³/mol. The Morgan fingerprint density at radius 3 is 2.00 bits per heavy atom. The lowest BCUT2D eigenvalue weighted by Gasteiger charge is -2.30. The van der Waals surface area contributed by atoms with Crippen molar-refractivity contribution in [1.29, 1.82) is 0 Å². The van der Waals surface area contributed by atoms with Crippen molar-refractivity contribution in [3.05, 3.63) is 12.2 Å². The van der Waals surface area contributed by atoms with Gasteiger partial charge >= 0.3 is 11.9 Å². The Kier molecular flexibility index (Phi) is 23.7. The molecule has 38 heavy (non-hydrogen) atoms. The molecule has 0 saturated carbocycles. The Morgan fingerprint density at radius 2 is 1.34 bits per heavy atom. The first-order valence-electron chi connectivity index (χ1n) is 15.8. The SMILES string of the molecule is CCCCCCCCC=CCC(O)C(CCCCC)OC(=O)C[N+](C)(C)CCOC(=O)CCCCCCC. The third-order valence-corrected chi connectivity index (χ3v) is 7.07. The van der Waals surface area contributed by atoms with Gasteiger partial charge in [0.25, 0.3) is 0 Å². The first kappa shape index (κ1) is 36.6. The maximum absolute atomic E-state index is 12.8. The number of ether oxygens (including phenoxy) is 2. The lowest BCUT2D eigenvalue weighted by atomic mass is 10.0. The zero-order valence-corrected chi connectivity index (χ0v) is 25.7. The molecule has 0 aliphatic heterocycles. The normalized spacial score (nSPS) is 13.5. The zero-order valence-electron chi connectivity index (χ0n) is 25.7. The number of esters is 2. The van der Waals surface area contributed by atoms with Gasteiger partial charge in [0.1, 0.15) is 19.3 Å². The summed E-state index contributed by atoms with van der Waals surface area (Å²) in [4.78, 5) is 24.8. The highest BCUT2D eigenvalue weighted by atomic mass is 16.6. The molecule has 0 aromatic carbocycles. The van der Waals surface area contributed by atoms with Crippen molar-refractivity contribution in [2.75, 3.05) is 33.8 Å². The summed E-state index contributed by atoms with van der Waals surface area (Å²) in [6, 6.07) is 0. The summed E-state index contributed by atoms with van der Waals surface area (Å²) in [5, 5.41) is 10.8. The Balaban J connectivity index is 4.45. The van der Waals surface area contributed by atoms with Crippen LogP contribution in [0.3, 0.4) is 0 Å². The third kappa shape index (κ3) is 22.6. The number of rotatable bonds is 26. The highest BCUT2D eigenvalue weighted by Gasteiger charge is 2.27. The number of carbonyl (C=O) groups is 2. The van der Waals surface area contributed by atoms with Gasteiger partial charge in [0.2, 0.25) is 0 Å². The Bertz CT molecular complexity index is 605. The number of aliphatic hydroxyl groups is 1. The number of hydrogen-bond acceptors (Lipinski definition) is 5. The van der Waals surface area contributed by atoms with Crippen LogP contribution in [0.4, 0.5) is 0 Å². The van der Waals surface area contributed by atoms with Gasteiger partial charge in [-0.15, -0.1) is 0 Å². The van der Waals surface area contributed by atoms with Crippen molar-refractivity contribution >= 4 is 11.9 Å². The van der Waals surface area contributed by atoms with Gasteiger partial charge in [-0.1, -0.05) is 104 Å². The lowest BCUT2D eigenvalue weighted by Crippen LogP contribution is -2.48. The predicted octanol–water partition coefficient (Wildman–Crippen LogP) is 7.52. The van der Waals surface area contributed by atoms with Gasteiger partial charge in [0, 0.05) is 6.42 Å². The highest BCUT2D eigenvalue weighted by Crippen LogP contribution is 2.16. The molecule has 0 radical (unpaired) electrons. The van der Waals surface area contributed by atoms with E-state index in [2.05, 4.69) is 26.8 Å². The molecule has 2 unspecified atom stereocenters. The van der Waals surface area contributed by atoms with Crippen LogP contribution in [-0.4, -0.2) is 67.5 Å². The molecule has 224 valence electrons. The van der Waals surface area contributed by atoms with Crippen molar-refractivity contribution in [2.45, 2.75) is 149 Å². The molecule has 0 aliphatic carbocycles. The molecule has 0 rings (SSSR count). The van der Waals surface area contributed by atoms with E-state index >= 15 is 0 Å². The number of hydrogen-bond donors (Lipinski definition) is 1. The first-order valence-corrected chi connectivity index (χ1v) is 15.8. The van der Waals surface area contributed by atoms with Crippen molar-refractivity contribution in [1.82, 2.24) is 0 Å². The van der Waals surface area contributed by atoms with Crippen LogP contribution in [0, 0.1) is 0 Å². The molecule has 0 amide bonds. The van der Waals surface area contributed by atoms with Crippen molar-refractivity contribution in [2.24, 2.45) is 0 Å². The molecule has 0 aromatic heterocycles. The molecule has 0 aromatic rings. The van der Waals surface area contributed by atoms with Gasteiger partial charge in [0.15, 0.2) is 6.54 Å². The zero-order chi connectivity index (χ0) is 28.5. The average Bonchev–Trinajstić information content (AvgIpc) is 2.86. The number of likely N-dealkylation sites (N-methyl/N-ethyl adjacent to an activating group) is 1. The van der Waals surface area contributed by atoms with Crippen molar-refractivity contribution < 1.29 is 28.7 Å². The quantitative estimate of drug-likeness (QED) is 0.0532. The van der Waals surface area contributed by atoms with Gasteiger partial charge < -0.3 is 19.1 Å². The highest BCUT2D eigenvalue weighted by molar-refractivity contribution is 5.71. The smallest absolute Gasteiger partial charge is 0.362 e. The first-order chi connectivity index (χ1) is 18.3. The summed E-state index contributed by atoms with van der Waals surface area (Å²) < 4.78 is 11.6. The van der Waals surface area contributed by atoms with Crippen molar-refractivity contribution in [3.8, 4) is 0 Å². The van der Waals surface area contributed by atoms with E-state index in [1.165, 1.54) is 57.8 Å². The van der Waals surface area contributed by atoms with Crippen LogP contribution in [0.15, 0.2) is 12.2 Å². The molecule has 1 N–H and O–H groups in total. The average molecular weight is 541 g/mol. The summed E-state index contributed by atoms with van der Waals surface area (Å²) in [7, 11) is 3.88. The van der Waals surface area contributed by atoms with Crippen molar-refractivity contribution in [3.63, 3.8) is 0 Å². The second-order valence-corrected chi connectivity index (χ2v) is 11.6. The van der Waals surface area contributed by atoms with E-state index in [0.717, 1.165) is 38.5 Å². The molecular formula is C32H62NO5+. The second-order valence-electron chi connectivity index (χ2n) is 11.6. The molecule has 0 spiro atoms. The van der Waals surface area contributed by atoms with Crippen LogP contribution < -0.4 is 0 Å². The summed E-state index contributed by atoms with van der Waals surface area (Å²) in [6.07, 6.45) is 21.9. The number of carbonyl (C=O) groups excluding carboxylic acids is 2. The van der Waals surface area contributed by atoms with Crippen LogP contribution >= 0.6 is 0 Å². The molecule has 0 bridgehead atoms. The maximum Gasteiger partial charge on any atom is 0.362 e. The molecule has 0 saturated heterocycles. The number of nitrogens with zero attached hydrogens (tertiary/aromatic N) is 1. The number of quaternary nitrogens is 1. The van der Waals surface area contributed by atoms with E-state index in [-0.39, 0.29) is 18.5 Å². The van der Waals surface area contributed by atoms with Gasteiger partial charge in [-0.3, -0.25) is 4.79 Å². The largest absolute Gasteiger partial charge is 0.460 e. The maximum atomic E-state index is 12.8. The Labute approximate surface area is 235 Å². The molecule has 0 fully saturated rings. The van der Waals surface area contributed by atoms with E-state index in [0.29, 0.717) is 36.9 Å². The van der Waals surface area contributed by atoms with Gasteiger partial charge in [-0.05, 0) is 38.5 Å². The molecule has 2 atom stereocenters. The standard InChI is InChI=1S/C32H62NO5/c1-6-9-12-14-15-16-17-19-21-23-29(34)30(24-20-11-8-3)38-32(36)28-33(4,5)26-27-37-31(35)25-22-18-13-10-7-2/h19,21,29-30,34H,6-18,20,22-28H2,1-5H3/q+1. The third-order valence-electron chi connectivity index (χ3n) is 7.07. The summed E-state index contributed by atoms with van der Waals surface area (Å²) in [5.41, 5.74) is 0. The fourth-order valence-corrected chi connectivity index (χ4v) is 4.46. The van der Waals surface area contributed by atoms with Crippen LogP contribution in [0.5, 0.6) is 0 Å². The Hall–Kier alpha value is -1.40. The monoisotopic (exact) mass is 540 g/mol. The minimum atomic E-state index is -0.689. The van der Waals surface area contributed by atoms with E-state index in [1.54, 1.807) is 0 Å².